The van der Waals surface area contributed by atoms with Crippen molar-refractivity contribution in [3.8, 4) is 0 Å². The van der Waals surface area contributed by atoms with Gasteiger partial charge in [0.1, 0.15) is 0 Å². The number of carboxylic acid groups (broad SMARTS) is 1. The maximum Gasteiger partial charge on any atom is 0.336 e. The number of aromatic nitrogens is 2. The van der Waals surface area contributed by atoms with Gasteiger partial charge in [0.05, 0.1) is 17.8 Å². The Hall–Kier alpha value is -4.47. The van der Waals surface area contributed by atoms with Crippen molar-refractivity contribution < 1.29 is 19.5 Å². The molecule has 0 spiro atoms. The van der Waals surface area contributed by atoms with E-state index in [4.69, 9.17) is 5.73 Å². The van der Waals surface area contributed by atoms with Gasteiger partial charge in [-0.15, -0.1) is 10.2 Å². The average Bonchev–Trinajstić information content (AvgIpc) is 2.88. The van der Waals surface area contributed by atoms with Crippen LogP contribution in [0.5, 0.6) is 0 Å². The fraction of sp³-hybridized carbons (Fsp3) is 0.208. The molecule has 2 aromatic carbocycles. The summed E-state index contributed by atoms with van der Waals surface area (Å²) in [7, 11) is 0. The van der Waals surface area contributed by atoms with Gasteiger partial charge in [-0.05, 0) is 48.4 Å². The third-order valence-electron chi connectivity index (χ3n) is 5.51. The van der Waals surface area contributed by atoms with E-state index in [2.05, 4.69) is 15.5 Å². The highest BCUT2D eigenvalue weighted by Gasteiger charge is 2.26. The second-order valence-corrected chi connectivity index (χ2v) is 7.88. The summed E-state index contributed by atoms with van der Waals surface area (Å²) >= 11 is 0. The van der Waals surface area contributed by atoms with Gasteiger partial charge < -0.3 is 26.0 Å². The monoisotopic (exact) mass is 460 g/mol. The first kappa shape index (κ1) is 22.7. The van der Waals surface area contributed by atoms with Crippen LogP contribution in [0.15, 0.2) is 60.7 Å². The molecular formula is C24H24N6O4. The number of nitrogens with two attached hydrogens (primary N) is 1. The molecule has 0 bridgehead atoms. The summed E-state index contributed by atoms with van der Waals surface area (Å²) in [6, 6.07) is 16.6. The topological polar surface area (TPSA) is 142 Å². The smallest absolute Gasteiger partial charge is 0.336 e. The van der Waals surface area contributed by atoms with Crippen LogP contribution < -0.4 is 16.0 Å². The van der Waals surface area contributed by atoms with Gasteiger partial charge in [0.2, 0.25) is 0 Å². The van der Waals surface area contributed by atoms with Crippen molar-refractivity contribution in [1.29, 1.82) is 0 Å². The molecule has 0 radical (unpaired) electrons. The molecule has 4 N–H and O–H groups in total. The summed E-state index contributed by atoms with van der Waals surface area (Å²) in [5, 5.41) is 20.4. The van der Waals surface area contributed by atoms with Crippen LogP contribution in [0.2, 0.25) is 0 Å². The summed E-state index contributed by atoms with van der Waals surface area (Å²) in [5.41, 5.74) is 7.53. The summed E-state index contributed by atoms with van der Waals surface area (Å²) in [5.74, 6) is -1.32. The number of rotatable bonds is 6. The standard InChI is InChI=1S/C24H24N6O4/c25-17-8-6-16(7-9-17)14-26-22(31)20-10-11-21(28-27-20)29-12-3-13-30(15-29)23(32)18-4-1-2-5-19(18)24(33)34/h1-2,4-11H,3,12-15,25H2,(H,26,31)(H,33,34). The van der Waals surface area contributed by atoms with Crippen molar-refractivity contribution in [2.75, 3.05) is 30.4 Å². The molecule has 34 heavy (non-hydrogen) atoms. The van der Waals surface area contributed by atoms with E-state index in [0.717, 1.165) is 5.56 Å². The minimum absolute atomic E-state index is 0.0289. The van der Waals surface area contributed by atoms with Gasteiger partial charge in [-0.3, -0.25) is 9.59 Å². The zero-order valence-corrected chi connectivity index (χ0v) is 18.3. The van der Waals surface area contributed by atoms with Crippen molar-refractivity contribution >= 4 is 29.3 Å². The third kappa shape index (κ3) is 5.12. The lowest BCUT2D eigenvalue weighted by atomic mass is 10.1. The van der Waals surface area contributed by atoms with Crippen molar-refractivity contribution in [3.63, 3.8) is 0 Å². The Morgan fingerprint density at radius 2 is 1.68 bits per heavy atom. The summed E-state index contributed by atoms with van der Waals surface area (Å²) in [6.07, 6.45) is 0.687. The number of carboxylic acids is 1. The molecule has 10 nitrogen and oxygen atoms in total. The van der Waals surface area contributed by atoms with E-state index >= 15 is 0 Å². The molecule has 1 aliphatic rings. The van der Waals surface area contributed by atoms with E-state index in [-0.39, 0.29) is 35.3 Å². The van der Waals surface area contributed by atoms with Crippen LogP contribution in [0.3, 0.4) is 0 Å². The second kappa shape index (κ2) is 9.99. The number of amides is 2. The third-order valence-corrected chi connectivity index (χ3v) is 5.51. The average molecular weight is 460 g/mol. The van der Waals surface area contributed by atoms with Gasteiger partial charge in [0, 0.05) is 25.3 Å². The van der Waals surface area contributed by atoms with Crippen molar-refractivity contribution in [2.24, 2.45) is 0 Å². The molecular weight excluding hydrogens is 436 g/mol. The highest BCUT2D eigenvalue weighted by atomic mass is 16.4. The largest absolute Gasteiger partial charge is 0.478 e. The molecule has 0 aliphatic carbocycles. The highest BCUT2D eigenvalue weighted by Crippen LogP contribution is 2.19. The molecule has 0 saturated carbocycles. The Bertz CT molecular complexity index is 1200. The van der Waals surface area contributed by atoms with Crippen LogP contribution in [0.4, 0.5) is 11.5 Å². The number of carbonyl (C=O) groups excluding carboxylic acids is 2. The lowest BCUT2D eigenvalue weighted by Crippen LogP contribution is -2.48. The zero-order chi connectivity index (χ0) is 24.1. The Balaban J connectivity index is 1.39. The number of carbonyl (C=O) groups is 3. The van der Waals surface area contributed by atoms with Gasteiger partial charge in [-0.1, -0.05) is 24.3 Å². The molecule has 174 valence electrons. The molecule has 10 heteroatoms. The zero-order valence-electron chi connectivity index (χ0n) is 18.3. The van der Waals surface area contributed by atoms with Crippen LogP contribution in [0.1, 0.15) is 43.2 Å². The van der Waals surface area contributed by atoms with Crippen LogP contribution in [-0.4, -0.2) is 57.7 Å². The summed E-state index contributed by atoms with van der Waals surface area (Å²) < 4.78 is 0. The number of aromatic carboxylic acids is 1. The maximum atomic E-state index is 13.0. The lowest BCUT2D eigenvalue weighted by molar-refractivity contribution is 0.0669. The van der Waals surface area contributed by atoms with Crippen LogP contribution in [-0.2, 0) is 6.54 Å². The Kier molecular flexibility index (Phi) is 6.67. The van der Waals surface area contributed by atoms with Crippen molar-refractivity contribution in [3.05, 3.63) is 83.0 Å². The van der Waals surface area contributed by atoms with Gasteiger partial charge in [-0.2, -0.15) is 0 Å². The highest BCUT2D eigenvalue weighted by molar-refractivity contribution is 6.04. The first-order chi connectivity index (χ1) is 16.4. The number of anilines is 2. The molecule has 2 heterocycles. The minimum Gasteiger partial charge on any atom is -0.478 e. The normalized spacial score (nSPS) is 13.4. The van der Waals surface area contributed by atoms with Gasteiger partial charge >= 0.3 is 5.97 Å². The van der Waals surface area contributed by atoms with Crippen LogP contribution >= 0.6 is 0 Å². The van der Waals surface area contributed by atoms with Crippen LogP contribution in [0, 0.1) is 0 Å². The number of nitrogen functional groups attached to an aromatic ring is 1. The summed E-state index contributed by atoms with van der Waals surface area (Å²) in [4.78, 5) is 40.3. The predicted octanol–water partition coefficient (Wildman–Crippen LogP) is 2.00. The first-order valence-corrected chi connectivity index (χ1v) is 10.8. The fourth-order valence-electron chi connectivity index (χ4n) is 3.70. The Labute approximate surface area is 196 Å². The number of nitrogens with zero attached hydrogens (tertiary/aromatic N) is 4. The molecule has 2 amide bonds. The van der Waals surface area contributed by atoms with E-state index in [1.165, 1.54) is 12.1 Å². The van der Waals surface area contributed by atoms with E-state index in [1.54, 1.807) is 41.3 Å². The van der Waals surface area contributed by atoms with Crippen molar-refractivity contribution in [1.82, 2.24) is 20.4 Å². The van der Waals surface area contributed by atoms with E-state index in [9.17, 15) is 19.5 Å². The van der Waals surface area contributed by atoms with Gasteiger partial charge in [-0.25, -0.2) is 4.79 Å². The molecule has 0 unspecified atom stereocenters. The minimum atomic E-state index is -1.14. The van der Waals surface area contributed by atoms with Crippen molar-refractivity contribution in [2.45, 2.75) is 13.0 Å². The molecule has 3 aromatic rings. The summed E-state index contributed by atoms with van der Waals surface area (Å²) in [6.45, 7) is 1.73. The molecule has 4 rings (SSSR count). The molecule has 1 aliphatic heterocycles. The Morgan fingerprint density at radius 3 is 2.35 bits per heavy atom. The number of hydrogen-bond donors (Lipinski definition) is 3. The number of benzene rings is 2. The number of nitrogens with one attached hydrogen (secondary N) is 1. The number of hydrogen-bond acceptors (Lipinski definition) is 7. The van der Waals surface area contributed by atoms with Gasteiger partial charge in [0.25, 0.3) is 11.8 Å². The van der Waals surface area contributed by atoms with E-state index < -0.39 is 5.97 Å². The predicted molar refractivity (Wildman–Crippen MR) is 125 cm³/mol. The second-order valence-electron chi connectivity index (χ2n) is 7.88. The molecule has 1 fully saturated rings. The van der Waals surface area contributed by atoms with Gasteiger partial charge in [0.15, 0.2) is 11.5 Å². The Morgan fingerprint density at radius 1 is 0.941 bits per heavy atom. The SMILES string of the molecule is Nc1ccc(CNC(=O)c2ccc(N3CCCN(C(=O)c4ccccc4C(=O)O)C3)nn2)cc1. The fourth-order valence-corrected chi connectivity index (χ4v) is 3.70. The van der Waals surface area contributed by atoms with Crippen LogP contribution in [0.25, 0.3) is 0 Å². The lowest BCUT2D eigenvalue weighted by Gasteiger charge is -2.36. The van der Waals surface area contributed by atoms with E-state index in [1.807, 2.05) is 17.0 Å². The molecule has 1 saturated heterocycles. The molecule has 1 aromatic heterocycles. The quantitative estimate of drug-likeness (QED) is 0.474. The van der Waals surface area contributed by atoms with E-state index in [0.29, 0.717) is 37.6 Å². The first-order valence-electron chi connectivity index (χ1n) is 10.8. The maximum absolute atomic E-state index is 13.0. The molecule has 0 atom stereocenters.